The second-order valence-corrected chi connectivity index (χ2v) is 4.95. The molecule has 2 fully saturated rings. The molecular formula is C13H17N3O2. The van der Waals surface area contributed by atoms with Crippen LogP contribution >= 0.6 is 0 Å². The summed E-state index contributed by atoms with van der Waals surface area (Å²) in [4.78, 5) is 13.7. The van der Waals surface area contributed by atoms with Crippen molar-refractivity contribution in [2.45, 2.75) is 18.4 Å². The summed E-state index contributed by atoms with van der Waals surface area (Å²) in [6.07, 6.45) is 1.44. The Labute approximate surface area is 106 Å². The zero-order chi connectivity index (χ0) is 12.6. The highest BCUT2D eigenvalue weighted by Crippen LogP contribution is 2.35. The molecule has 0 radical (unpaired) electrons. The third kappa shape index (κ3) is 1.80. The van der Waals surface area contributed by atoms with Gasteiger partial charge in [-0.15, -0.1) is 0 Å². The summed E-state index contributed by atoms with van der Waals surface area (Å²) in [7, 11) is 0. The molecule has 2 aliphatic heterocycles. The minimum absolute atomic E-state index is 0.283. The van der Waals surface area contributed by atoms with Crippen LogP contribution in [0.1, 0.15) is 12.8 Å². The van der Waals surface area contributed by atoms with Gasteiger partial charge < -0.3 is 15.8 Å². The Bertz CT molecular complexity index is 469. The summed E-state index contributed by atoms with van der Waals surface area (Å²) < 4.78 is 5.60. The van der Waals surface area contributed by atoms with Crippen molar-refractivity contribution in [3.63, 3.8) is 0 Å². The number of hydrogen-bond donors (Lipinski definition) is 2. The monoisotopic (exact) mass is 247 g/mol. The highest BCUT2D eigenvalue weighted by atomic mass is 16.6. The van der Waals surface area contributed by atoms with E-state index in [1.54, 1.807) is 11.0 Å². The summed E-state index contributed by atoms with van der Waals surface area (Å²) in [6.45, 7) is 2.39. The van der Waals surface area contributed by atoms with Gasteiger partial charge in [-0.3, -0.25) is 4.90 Å². The first-order valence-electron chi connectivity index (χ1n) is 6.26. The number of nitrogens with one attached hydrogen (secondary N) is 1. The van der Waals surface area contributed by atoms with Gasteiger partial charge in [0.25, 0.3) is 0 Å². The van der Waals surface area contributed by atoms with E-state index in [9.17, 15) is 4.79 Å². The standard InChI is InChI=1S/C13H17N3O2/c14-10-3-1-2-4-11(10)16-9-13(18-12(16)17)5-7-15-8-6-13/h1-4,15H,5-9,14H2. The van der Waals surface area contributed by atoms with Crippen LogP contribution in [0.4, 0.5) is 16.2 Å². The van der Waals surface area contributed by atoms with Gasteiger partial charge >= 0.3 is 6.09 Å². The summed E-state index contributed by atoms with van der Waals surface area (Å²) in [6, 6.07) is 7.40. The number of piperidine rings is 1. The number of nitrogens with zero attached hydrogens (tertiary/aromatic N) is 1. The number of rotatable bonds is 1. The van der Waals surface area contributed by atoms with Gasteiger partial charge in [0.15, 0.2) is 0 Å². The number of hydrogen-bond acceptors (Lipinski definition) is 4. The van der Waals surface area contributed by atoms with E-state index in [0.717, 1.165) is 31.6 Å². The third-order valence-corrected chi connectivity index (χ3v) is 3.71. The van der Waals surface area contributed by atoms with Gasteiger partial charge in [0.05, 0.1) is 17.9 Å². The normalized spacial score (nSPS) is 22.2. The SMILES string of the molecule is Nc1ccccc1N1CC2(CCNCC2)OC1=O. The number of carbonyl (C=O) groups excluding carboxylic acids is 1. The Balaban J connectivity index is 1.87. The smallest absolute Gasteiger partial charge is 0.415 e. The van der Waals surface area contributed by atoms with Crippen molar-refractivity contribution in [2.75, 3.05) is 30.3 Å². The first-order chi connectivity index (χ1) is 8.70. The van der Waals surface area contributed by atoms with Crippen LogP contribution < -0.4 is 16.0 Å². The van der Waals surface area contributed by atoms with E-state index in [-0.39, 0.29) is 11.7 Å². The van der Waals surface area contributed by atoms with E-state index < -0.39 is 0 Å². The molecule has 96 valence electrons. The van der Waals surface area contributed by atoms with Crippen molar-refractivity contribution in [3.8, 4) is 0 Å². The number of nitrogens with two attached hydrogens (primary N) is 1. The van der Waals surface area contributed by atoms with Crippen LogP contribution in [-0.4, -0.2) is 31.3 Å². The van der Waals surface area contributed by atoms with E-state index in [1.165, 1.54) is 0 Å². The zero-order valence-electron chi connectivity index (χ0n) is 10.2. The molecule has 1 amide bonds. The highest BCUT2D eigenvalue weighted by molar-refractivity contribution is 5.93. The van der Waals surface area contributed by atoms with Crippen molar-refractivity contribution >= 4 is 17.5 Å². The van der Waals surface area contributed by atoms with Crippen LogP contribution in [0.3, 0.4) is 0 Å². The average molecular weight is 247 g/mol. The number of amides is 1. The molecule has 0 atom stereocenters. The topological polar surface area (TPSA) is 67.6 Å². The minimum Gasteiger partial charge on any atom is -0.441 e. The van der Waals surface area contributed by atoms with Gasteiger partial charge in [0.2, 0.25) is 0 Å². The molecule has 1 spiro atoms. The molecule has 18 heavy (non-hydrogen) atoms. The lowest BCUT2D eigenvalue weighted by Gasteiger charge is -2.31. The first kappa shape index (κ1) is 11.3. The molecule has 2 saturated heterocycles. The van der Waals surface area contributed by atoms with Gasteiger partial charge in [-0.05, 0) is 25.2 Å². The van der Waals surface area contributed by atoms with Crippen LogP contribution in [0.25, 0.3) is 0 Å². The fourth-order valence-corrected chi connectivity index (χ4v) is 2.68. The van der Waals surface area contributed by atoms with E-state index in [1.807, 2.05) is 18.2 Å². The Morgan fingerprint density at radius 2 is 2.00 bits per heavy atom. The van der Waals surface area contributed by atoms with E-state index in [4.69, 9.17) is 10.5 Å². The van der Waals surface area contributed by atoms with E-state index in [0.29, 0.717) is 12.2 Å². The molecule has 0 aliphatic carbocycles. The molecule has 5 heteroatoms. The maximum atomic E-state index is 12.0. The lowest BCUT2D eigenvalue weighted by Crippen LogP contribution is -2.44. The number of anilines is 2. The van der Waals surface area contributed by atoms with Gasteiger partial charge in [-0.25, -0.2) is 4.79 Å². The summed E-state index contributed by atoms with van der Waals surface area (Å²) in [5.41, 5.74) is 6.95. The number of ether oxygens (including phenoxy) is 1. The third-order valence-electron chi connectivity index (χ3n) is 3.71. The summed E-state index contributed by atoms with van der Waals surface area (Å²) in [5.74, 6) is 0. The van der Waals surface area contributed by atoms with Gasteiger partial charge in [0.1, 0.15) is 5.60 Å². The second-order valence-electron chi connectivity index (χ2n) is 4.95. The second kappa shape index (κ2) is 4.17. The zero-order valence-corrected chi connectivity index (χ0v) is 10.2. The van der Waals surface area contributed by atoms with Crippen LogP contribution in [-0.2, 0) is 4.74 Å². The number of nitrogen functional groups attached to an aromatic ring is 1. The molecule has 0 aromatic heterocycles. The predicted molar refractivity (Wildman–Crippen MR) is 69.5 cm³/mol. The Morgan fingerprint density at radius 1 is 1.28 bits per heavy atom. The number of para-hydroxylation sites is 2. The quantitative estimate of drug-likeness (QED) is 0.735. The lowest BCUT2D eigenvalue weighted by molar-refractivity contribution is 0.0316. The predicted octanol–water partition coefficient (Wildman–Crippen LogP) is 1.35. The molecule has 3 N–H and O–H groups in total. The number of carbonyl (C=O) groups is 1. The molecule has 0 saturated carbocycles. The molecule has 2 heterocycles. The fraction of sp³-hybridized carbons (Fsp3) is 0.462. The largest absolute Gasteiger partial charge is 0.441 e. The first-order valence-corrected chi connectivity index (χ1v) is 6.26. The van der Waals surface area contributed by atoms with Crippen LogP contribution in [0, 0.1) is 0 Å². The fourth-order valence-electron chi connectivity index (χ4n) is 2.68. The highest BCUT2D eigenvalue weighted by Gasteiger charge is 2.46. The number of benzene rings is 1. The molecule has 0 unspecified atom stereocenters. The average Bonchev–Trinajstić information content (AvgIpc) is 2.67. The molecule has 1 aromatic carbocycles. The molecule has 0 bridgehead atoms. The maximum Gasteiger partial charge on any atom is 0.415 e. The van der Waals surface area contributed by atoms with Gasteiger partial charge in [-0.2, -0.15) is 0 Å². The van der Waals surface area contributed by atoms with E-state index >= 15 is 0 Å². The maximum absolute atomic E-state index is 12.0. The molecule has 2 aliphatic rings. The van der Waals surface area contributed by atoms with Crippen LogP contribution in [0.2, 0.25) is 0 Å². The minimum atomic E-state index is -0.329. The van der Waals surface area contributed by atoms with Crippen LogP contribution in [0.15, 0.2) is 24.3 Å². The van der Waals surface area contributed by atoms with E-state index in [2.05, 4.69) is 5.32 Å². The Morgan fingerprint density at radius 3 is 2.72 bits per heavy atom. The van der Waals surface area contributed by atoms with Crippen molar-refractivity contribution in [2.24, 2.45) is 0 Å². The Kier molecular flexibility index (Phi) is 2.63. The van der Waals surface area contributed by atoms with Gasteiger partial charge in [0, 0.05) is 12.8 Å². The van der Waals surface area contributed by atoms with Crippen LogP contribution in [0.5, 0.6) is 0 Å². The Hall–Kier alpha value is -1.75. The molecule has 3 rings (SSSR count). The molecule has 5 nitrogen and oxygen atoms in total. The van der Waals surface area contributed by atoms with Crippen molar-refractivity contribution in [1.82, 2.24) is 5.32 Å². The van der Waals surface area contributed by atoms with Crippen molar-refractivity contribution in [3.05, 3.63) is 24.3 Å². The lowest BCUT2D eigenvalue weighted by atomic mass is 9.92. The summed E-state index contributed by atoms with van der Waals surface area (Å²) >= 11 is 0. The summed E-state index contributed by atoms with van der Waals surface area (Å²) in [5, 5.41) is 3.28. The molecule has 1 aromatic rings. The van der Waals surface area contributed by atoms with Crippen molar-refractivity contribution < 1.29 is 9.53 Å². The van der Waals surface area contributed by atoms with Gasteiger partial charge in [-0.1, -0.05) is 12.1 Å². The molecular weight excluding hydrogens is 230 g/mol. The van der Waals surface area contributed by atoms with Crippen molar-refractivity contribution in [1.29, 1.82) is 0 Å².